The fourth-order valence-corrected chi connectivity index (χ4v) is 7.36. The molecule has 4 heterocycles. The van der Waals surface area contributed by atoms with Crippen molar-refractivity contribution in [1.29, 1.82) is 0 Å². The summed E-state index contributed by atoms with van der Waals surface area (Å²) in [5.74, 6) is -2.75. The van der Waals surface area contributed by atoms with E-state index in [9.17, 15) is 11.0 Å². The van der Waals surface area contributed by atoms with E-state index >= 15 is 13.2 Å². The van der Waals surface area contributed by atoms with E-state index in [1.165, 1.54) is 30.6 Å². The molecule has 0 aliphatic carbocycles. The van der Waals surface area contributed by atoms with Crippen LogP contribution >= 0.6 is 0 Å². The van der Waals surface area contributed by atoms with E-state index < -0.39 is 109 Å². The highest BCUT2D eigenvalue weighted by molar-refractivity contribution is 6.12. The van der Waals surface area contributed by atoms with Crippen molar-refractivity contribution in [3.8, 4) is 44.9 Å². The molecular weight excluding hydrogens is 800 g/mol. The molecule has 10 aromatic rings. The van der Waals surface area contributed by atoms with Gasteiger partial charge in [-0.05, 0) is 90.4 Å². The molecule has 0 radical (unpaired) electrons. The van der Waals surface area contributed by atoms with Crippen LogP contribution in [0, 0.1) is 17.5 Å². The molecule has 0 N–H and O–H groups in total. The molecule has 0 unspecified atom stereocenters. The minimum Gasteiger partial charge on any atom is -0.455 e. The summed E-state index contributed by atoms with van der Waals surface area (Å²) >= 11 is 0. The zero-order valence-corrected chi connectivity index (χ0v) is 33.7. The van der Waals surface area contributed by atoms with Crippen molar-refractivity contribution < 1.29 is 36.8 Å². The molecule has 0 bridgehead atoms. The minimum absolute atomic E-state index is 0.0863. The zero-order valence-electron chi connectivity index (χ0n) is 47.7. The van der Waals surface area contributed by atoms with Crippen LogP contribution in [0.4, 0.5) is 13.2 Å². The molecule has 4 nitrogen and oxygen atoms in total. The lowest BCUT2D eigenvalue weighted by Gasteiger charge is -2.12. The van der Waals surface area contributed by atoms with Gasteiger partial charge in [0.2, 0.25) is 0 Å². The first kappa shape index (κ1) is 27.4. The Labute approximate surface area is 389 Å². The van der Waals surface area contributed by atoms with Crippen LogP contribution in [0.2, 0.25) is 0 Å². The van der Waals surface area contributed by atoms with Gasteiger partial charge in [0.15, 0.2) is 0 Å². The number of fused-ring (bicyclic) bond motifs is 3. The Morgan fingerprint density at radius 3 is 1.59 bits per heavy atom. The van der Waals surface area contributed by atoms with Crippen molar-refractivity contribution in [2.75, 3.05) is 0 Å². The first-order valence-electron chi connectivity index (χ1n) is 27.1. The number of hydrogen-bond acceptors (Lipinski definition) is 4. The van der Waals surface area contributed by atoms with Gasteiger partial charge in [0, 0.05) is 80.3 Å². The lowest BCUT2D eigenvalue weighted by molar-refractivity contribution is 0.606. The SMILES string of the molecule is [2H]c1cc2c(oc3c(-c4ccc(C([2H])([2H])C([2H])([2H])c5cc(C([2H])([2H])Cc6cnc(-c7ccccc7)cc6F)cc(C([2H])([2H])Cc6cnc(-c7ccccc7)cc6F)c5)cn4)cccc32)c(-c2c([2H])c([2H])c([2H])c([2H])c2[2H])c1F. The Balaban J connectivity index is 1.03. The van der Waals surface area contributed by atoms with Crippen molar-refractivity contribution in [2.45, 2.75) is 38.3 Å². The fourth-order valence-electron chi connectivity index (χ4n) is 7.36. The van der Waals surface area contributed by atoms with Gasteiger partial charge in [-0.15, -0.1) is 0 Å². The number of aromatic nitrogens is 3. The molecule has 0 aliphatic rings. The van der Waals surface area contributed by atoms with E-state index in [-0.39, 0.29) is 55.6 Å². The Morgan fingerprint density at radius 1 is 0.453 bits per heavy atom. The van der Waals surface area contributed by atoms with E-state index in [0.717, 1.165) is 36.5 Å². The highest BCUT2D eigenvalue weighted by Crippen LogP contribution is 2.40. The second-order valence-corrected chi connectivity index (χ2v) is 14.7. The Morgan fingerprint density at radius 2 is 1.02 bits per heavy atom. The van der Waals surface area contributed by atoms with Crippen LogP contribution < -0.4 is 0 Å². The summed E-state index contributed by atoms with van der Waals surface area (Å²) < 4.78 is 179. The van der Waals surface area contributed by atoms with Crippen molar-refractivity contribution in [1.82, 2.24) is 15.0 Å². The molecule has 0 saturated heterocycles. The van der Waals surface area contributed by atoms with Crippen molar-refractivity contribution in [3.63, 3.8) is 0 Å². The molecule has 4 aromatic heterocycles. The van der Waals surface area contributed by atoms with Gasteiger partial charge in [-0.2, -0.15) is 0 Å². The molecule has 7 heteroatoms. The van der Waals surface area contributed by atoms with Gasteiger partial charge in [0.1, 0.15) is 28.6 Å². The smallest absolute Gasteiger partial charge is 0.146 e. The van der Waals surface area contributed by atoms with E-state index in [1.807, 2.05) is 0 Å². The van der Waals surface area contributed by atoms with Crippen molar-refractivity contribution in [3.05, 3.63) is 233 Å². The van der Waals surface area contributed by atoms with Crippen LogP contribution in [0.15, 0.2) is 187 Å². The lowest BCUT2D eigenvalue weighted by atomic mass is 9.94. The monoisotopic (exact) mass is 855 g/mol. The number of aryl methyl sites for hydroxylation is 6. The van der Waals surface area contributed by atoms with Gasteiger partial charge in [0.25, 0.3) is 0 Å². The largest absolute Gasteiger partial charge is 0.455 e. The van der Waals surface area contributed by atoms with Crippen LogP contribution in [0.3, 0.4) is 0 Å². The summed E-state index contributed by atoms with van der Waals surface area (Å²) in [6.07, 6.45) is -9.09. The number of benzene rings is 6. The quantitative estimate of drug-likeness (QED) is 0.116. The predicted octanol–water partition coefficient (Wildman–Crippen LogP) is 14.2. The van der Waals surface area contributed by atoms with Gasteiger partial charge in [-0.1, -0.05) is 127 Å². The first-order chi connectivity index (χ1) is 36.9. The highest BCUT2D eigenvalue weighted by Gasteiger charge is 2.19. The number of furan rings is 1. The maximum Gasteiger partial charge on any atom is 0.146 e. The van der Waals surface area contributed by atoms with Crippen LogP contribution in [0.25, 0.3) is 66.8 Å². The van der Waals surface area contributed by atoms with E-state index in [2.05, 4.69) is 15.0 Å². The standard InChI is InChI=1S/C57H42F3N3O/c58-49-27-26-47-46-17-10-18-48(56(46)64-57(47)55(49)43-15-8-3-9-16-43)52-28-23-37(34-61-52)19-20-38-29-39(21-24-44-35-62-53(32-50(44)59)41-11-4-1-5-12-41)31-40(30-38)22-25-45-36-63-54(33-51(45)60)42-13-6-2-7-14-42/h1-18,23,26-36H,19-22,24-25H2/i3D,8D,9D,15D,16D,19D2,20D2,21D2,22D2,27D. The Kier molecular flexibility index (Phi) is 7.71. The van der Waals surface area contributed by atoms with Gasteiger partial charge in [0.05, 0.1) is 30.9 Å². The average molecular weight is 856 g/mol. The lowest BCUT2D eigenvalue weighted by Crippen LogP contribution is -2.02. The van der Waals surface area contributed by atoms with Gasteiger partial charge < -0.3 is 4.42 Å². The molecule has 64 heavy (non-hydrogen) atoms. The first-order valence-corrected chi connectivity index (χ1v) is 20.1. The molecule has 0 aliphatic heterocycles. The Bertz CT molecular complexity index is 3840. The normalized spacial score (nSPS) is 15.5. The predicted molar refractivity (Wildman–Crippen MR) is 250 cm³/mol. The highest BCUT2D eigenvalue weighted by atomic mass is 19.1. The second kappa shape index (κ2) is 18.0. The third kappa shape index (κ3) is 8.57. The summed E-state index contributed by atoms with van der Waals surface area (Å²) in [7, 11) is 0. The fraction of sp³-hybridized carbons (Fsp3) is 0.105. The van der Waals surface area contributed by atoms with E-state index in [0.29, 0.717) is 27.9 Å². The number of para-hydroxylation sites is 1. The summed E-state index contributed by atoms with van der Waals surface area (Å²) in [5.41, 5.74) is -0.697. The number of pyridine rings is 3. The maximum absolute atomic E-state index is 16.0. The van der Waals surface area contributed by atoms with Crippen LogP contribution in [-0.4, -0.2) is 15.0 Å². The summed E-state index contributed by atoms with van der Waals surface area (Å²) in [5, 5.41) is 0.520. The average Bonchev–Trinajstić information content (AvgIpc) is 4.03. The van der Waals surface area contributed by atoms with Crippen LogP contribution in [-0.2, 0) is 38.3 Å². The molecule has 6 aromatic carbocycles. The van der Waals surface area contributed by atoms with Crippen molar-refractivity contribution in [2.24, 2.45) is 0 Å². The molecular formula is C57H42F3N3O. The molecule has 10 rings (SSSR count). The molecule has 0 fully saturated rings. The molecule has 0 atom stereocenters. The third-order valence-electron chi connectivity index (χ3n) is 10.6. The summed E-state index contributed by atoms with van der Waals surface area (Å²) in [4.78, 5) is 13.2. The van der Waals surface area contributed by atoms with E-state index in [4.69, 9.17) is 12.6 Å². The minimum atomic E-state index is -3.10. The Hall–Kier alpha value is -7.64. The number of rotatable bonds is 13. The number of halogens is 3. The number of nitrogens with zero attached hydrogens (tertiary/aromatic N) is 3. The van der Waals surface area contributed by atoms with E-state index in [1.54, 1.807) is 78.9 Å². The van der Waals surface area contributed by atoms with Crippen LogP contribution in [0.1, 0.15) is 52.6 Å². The molecule has 0 spiro atoms. The molecule has 0 amide bonds. The van der Waals surface area contributed by atoms with Gasteiger partial charge >= 0.3 is 0 Å². The summed E-state index contributed by atoms with van der Waals surface area (Å²) in [6.45, 7) is 0. The second-order valence-electron chi connectivity index (χ2n) is 14.7. The third-order valence-corrected chi connectivity index (χ3v) is 10.6. The topological polar surface area (TPSA) is 51.8 Å². The summed E-state index contributed by atoms with van der Waals surface area (Å²) in [6, 6.07) is 27.5. The van der Waals surface area contributed by atoms with Gasteiger partial charge in [-0.25, -0.2) is 13.2 Å². The van der Waals surface area contributed by atoms with Crippen molar-refractivity contribution >= 4 is 21.9 Å². The number of hydrogen-bond donors (Lipinski definition) is 0. The zero-order chi connectivity index (χ0) is 55.8. The molecule has 312 valence electrons. The van der Waals surface area contributed by atoms with Crippen LogP contribution in [0.5, 0.6) is 0 Å². The van der Waals surface area contributed by atoms with Gasteiger partial charge in [-0.3, -0.25) is 15.0 Å². The maximum atomic E-state index is 16.0. The molecule has 0 saturated carbocycles.